The lowest BCUT2D eigenvalue weighted by Crippen LogP contribution is -2.47. The number of rotatable bonds is 12. The van der Waals surface area contributed by atoms with Gasteiger partial charge < -0.3 is 10.2 Å². The Morgan fingerprint density at radius 2 is 1.76 bits per heavy atom. The van der Waals surface area contributed by atoms with Crippen molar-refractivity contribution in [1.29, 1.82) is 0 Å². The molecule has 0 fully saturated rings. The number of nitrogens with zero attached hydrogens (tertiary/aromatic N) is 2. The van der Waals surface area contributed by atoms with E-state index in [1.54, 1.807) is 24.0 Å². The number of benzene rings is 2. The minimum Gasteiger partial charge on any atom is -0.354 e. The minimum atomic E-state index is -3.51. The third-order valence-corrected chi connectivity index (χ3v) is 6.87. The maximum atomic E-state index is 13.3. The Morgan fingerprint density at radius 1 is 1.06 bits per heavy atom. The van der Waals surface area contributed by atoms with Crippen LogP contribution >= 0.6 is 0 Å². The van der Waals surface area contributed by atoms with Gasteiger partial charge >= 0.3 is 0 Å². The Labute approximate surface area is 204 Å². The molecule has 186 valence electrons. The van der Waals surface area contributed by atoms with Gasteiger partial charge in [-0.3, -0.25) is 13.9 Å². The first-order chi connectivity index (χ1) is 16.0. The van der Waals surface area contributed by atoms with E-state index in [1.165, 1.54) is 10.6 Å². The maximum absolute atomic E-state index is 13.3. The highest BCUT2D eigenvalue weighted by Gasteiger charge is 2.26. The molecule has 0 saturated carbocycles. The monoisotopic (exact) mass is 487 g/mol. The highest BCUT2D eigenvalue weighted by Crippen LogP contribution is 2.23. The van der Waals surface area contributed by atoms with E-state index in [-0.39, 0.29) is 24.8 Å². The standard InChI is InChI=1S/C26H37N3O4S/c1-6-16-27-26(31)22(4)28(19-23-13-9-11-20(2)18-23)25(30)15-10-17-29(34(5,32)33)24-14-8-7-12-21(24)3/h7-9,11-14,18,22H,6,10,15-17,19H2,1-5H3,(H,27,31)/t22-/m1/s1. The molecule has 2 aromatic rings. The number of amides is 2. The summed E-state index contributed by atoms with van der Waals surface area (Å²) in [7, 11) is -3.51. The van der Waals surface area contributed by atoms with Gasteiger partial charge in [0.25, 0.3) is 0 Å². The van der Waals surface area contributed by atoms with Crippen molar-refractivity contribution in [2.75, 3.05) is 23.7 Å². The van der Waals surface area contributed by atoms with E-state index in [0.717, 1.165) is 23.1 Å². The van der Waals surface area contributed by atoms with Gasteiger partial charge in [0.2, 0.25) is 21.8 Å². The fourth-order valence-corrected chi connectivity index (χ4v) is 4.83. The summed E-state index contributed by atoms with van der Waals surface area (Å²) in [6, 6.07) is 14.5. The molecule has 34 heavy (non-hydrogen) atoms. The summed E-state index contributed by atoms with van der Waals surface area (Å²) in [6.07, 6.45) is 2.46. The molecule has 2 aromatic carbocycles. The summed E-state index contributed by atoms with van der Waals surface area (Å²) < 4.78 is 26.2. The SMILES string of the molecule is CCCNC(=O)[C@@H](C)N(Cc1cccc(C)c1)C(=O)CCCN(c1ccccc1C)S(C)(=O)=O. The summed E-state index contributed by atoms with van der Waals surface area (Å²) in [6.45, 7) is 8.60. The lowest BCUT2D eigenvalue weighted by atomic mass is 10.1. The van der Waals surface area contributed by atoms with Gasteiger partial charge in [0.05, 0.1) is 11.9 Å². The first-order valence-electron chi connectivity index (χ1n) is 11.7. The zero-order valence-corrected chi connectivity index (χ0v) is 21.7. The van der Waals surface area contributed by atoms with Gasteiger partial charge in [-0.1, -0.05) is 55.0 Å². The number of anilines is 1. The Hall–Kier alpha value is -2.87. The van der Waals surface area contributed by atoms with E-state index >= 15 is 0 Å². The van der Waals surface area contributed by atoms with Gasteiger partial charge in [-0.25, -0.2) is 8.42 Å². The molecule has 0 aliphatic heterocycles. The second-order valence-electron chi connectivity index (χ2n) is 8.70. The first kappa shape index (κ1) is 27.4. The number of hydrogen-bond acceptors (Lipinski definition) is 4. The summed E-state index contributed by atoms with van der Waals surface area (Å²) in [4.78, 5) is 27.5. The predicted octanol–water partition coefficient (Wildman–Crippen LogP) is 3.79. The zero-order chi connectivity index (χ0) is 25.3. The Balaban J connectivity index is 2.16. The van der Waals surface area contributed by atoms with E-state index < -0.39 is 16.1 Å². The molecule has 0 saturated heterocycles. The smallest absolute Gasteiger partial charge is 0.242 e. The van der Waals surface area contributed by atoms with Crippen LogP contribution in [0.5, 0.6) is 0 Å². The molecule has 7 nitrogen and oxygen atoms in total. The molecule has 0 aliphatic carbocycles. The largest absolute Gasteiger partial charge is 0.354 e. The van der Waals surface area contributed by atoms with Crippen LogP contribution < -0.4 is 9.62 Å². The minimum absolute atomic E-state index is 0.134. The van der Waals surface area contributed by atoms with Crippen LogP contribution in [-0.4, -0.2) is 50.5 Å². The number of hydrogen-bond donors (Lipinski definition) is 1. The van der Waals surface area contributed by atoms with Crippen molar-refractivity contribution in [3.63, 3.8) is 0 Å². The van der Waals surface area contributed by atoms with Crippen LogP contribution in [0.1, 0.15) is 49.8 Å². The number of sulfonamides is 1. The topological polar surface area (TPSA) is 86.8 Å². The normalized spacial score (nSPS) is 12.1. The van der Waals surface area contributed by atoms with Crippen LogP contribution in [0.15, 0.2) is 48.5 Å². The van der Waals surface area contributed by atoms with E-state index in [1.807, 2.05) is 57.2 Å². The molecule has 2 amide bonds. The summed E-state index contributed by atoms with van der Waals surface area (Å²) in [5.41, 5.74) is 3.49. The number of aryl methyl sites for hydroxylation is 2. The van der Waals surface area contributed by atoms with E-state index in [4.69, 9.17) is 0 Å². The molecule has 0 radical (unpaired) electrons. The number of para-hydroxylation sites is 1. The van der Waals surface area contributed by atoms with Gasteiger partial charge in [-0.05, 0) is 50.8 Å². The van der Waals surface area contributed by atoms with Crippen molar-refractivity contribution in [2.45, 2.75) is 59.5 Å². The Kier molecular flexibility index (Phi) is 10.1. The molecule has 1 N–H and O–H groups in total. The third kappa shape index (κ3) is 7.87. The molecular weight excluding hydrogens is 450 g/mol. The number of carbonyl (C=O) groups is 2. The van der Waals surface area contributed by atoms with E-state index in [2.05, 4.69) is 5.32 Å². The first-order valence-corrected chi connectivity index (χ1v) is 13.6. The second-order valence-corrected chi connectivity index (χ2v) is 10.6. The second kappa shape index (κ2) is 12.6. The van der Waals surface area contributed by atoms with Crippen LogP contribution in [0, 0.1) is 13.8 Å². The van der Waals surface area contributed by atoms with Crippen molar-refractivity contribution in [2.24, 2.45) is 0 Å². The van der Waals surface area contributed by atoms with Crippen molar-refractivity contribution in [1.82, 2.24) is 10.2 Å². The molecule has 8 heteroatoms. The van der Waals surface area contributed by atoms with Crippen LogP contribution in [0.3, 0.4) is 0 Å². The lowest BCUT2D eigenvalue weighted by Gasteiger charge is -2.29. The molecular formula is C26H37N3O4S. The van der Waals surface area contributed by atoms with Gasteiger partial charge in [-0.15, -0.1) is 0 Å². The Bertz CT molecular complexity index is 1080. The number of carbonyl (C=O) groups excluding carboxylic acids is 2. The third-order valence-electron chi connectivity index (χ3n) is 5.69. The van der Waals surface area contributed by atoms with Crippen LogP contribution in [-0.2, 0) is 26.2 Å². The van der Waals surface area contributed by atoms with E-state index in [0.29, 0.717) is 25.2 Å². The van der Waals surface area contributed by atoms with Gasteiger partial charge in [0.1, 0.15) is 6.04 Å². The molecule has 0 unspecified atom stereocenters. The summed E-state index contributed by atoms with van der Waals surface area (Å²) in [5.74, 6) is -0.376. The fraction of sp³-hybridized carbons (Fsp3) is 0.462. The Morgan fingerprint density at radius 3 is 2.38 bits per heavy atom. The van der Waals surface area contributed by atoms with Crippen LogP contribution in [0.2, 0.25) is 0 Å². The van der Waals surface area contributed by atoms with Crippen molar-refractivity contribution >= 4 is 27.5 Å². The lowest BCUT2D eigenvalue weighted by molar-refractivity contribution is -0.140. The molecule has 0 bridgehead atoms. The van der Waals surface area contributed by atoms with Crippen LogP contribution in [0.25, 0.3) is 0 Å². The van der Waals surface area contributed by atoms with Gasteiger partial charge in [0.15, 0.2) is 0 Å². The average Bonchev–Trinajstić information content (AvgIpc) is 2.78. The molecule has 2 rings (SSSR count). The summed E-state index contributed by atoms with van der Waals surface area (Å²) in [5, 5.41) is 2.87. The van der Waals surface area contributed by atoms with Gasteiger partial charge in [0, 0.05) is 26.1 Å². The van der Waals surface area contributed by atoms with Crippen molar-refractivity contribution < 1.29 is 18.0 Å². The molecule has 0 heterocycles. The molecule has 0 aromatic heterocycles. The quantitative estimate of drug-likeness (QED) is 0.493. The molecule has 0 spiro atoms. The highest BCUT2D eigenvalue weighted by molar-refractivity contribution is 7.92. The number of nitrogens with one attached hydrogen (secondary N) is 1. The molecule has 1 atom stereocenters. The average molecular weight is 488 g/mol. The molecule has 0 aliphatic rings. The van der Waals surface area contributed by atoms with Gasteiger partial charge in [-0.2, -0.15) is 0 Å². The van der Waals surface area contributed by atoms with Crippen molar-refractivity contribution in [3.8, 4) is 0 Å². The van der Waals surface area contributed by atoms with Crippen LogP contribution in [0.4, 0.5) is 5.69 Å². The highest BCUT2D eigenvalue weighted by atomic mass is 32.2. The maximum Gasteiger partial charge on any atom is 0.242 e. The van der Waals surface area contributed by atoms with Crippen molar-refractivity contribution in [3.05, 3.63) is 65.2 Å². The van der Waals surface area contributed by atoms with E-state index in [9.17, 15) is 18.0 Å². The zero-order valence-electron chi connectivity index (χ0n) is 20.9. The summed E-state index contributed by atoms with van der Waals surface area (Å²) >= 11 is 0. The fourth-order valence-electron chi connectivity index (χ4n) is 3.81. The predicted molar refractivity (Wildman–Crippen MR) is 137 cm³/mol.